The van der Waals surface area contributed by atoms with Gasteiger partial charge >= 0.3 is 5.97 Å². The number of esters is 1. The van der Waals surface area contributed by atoms with Gasteiger partial charge in [-0.2, -0.15) is 0 Å². The maximum atomic E-state index is 12.3. The highest BCUT2D eigenvalue weighted by atomic mass is 35.5. The summed E-state index contributed by atoms with van der Waals surface area (Å²) in [5.74, 6) is -0.676. The fraction of sp³-hybridized carbons (Fsp3) is 0.438. The number of carbonyl (C=O) groups is 3. The van der Waals surface area contributed by atoms with E-state index in [1.165, 1.54) is 0 Å². The standard InChI is InChI=1S/C16H16Cl2N2O4S/c1-16-6-5-13(22)20(16)11(8-25-16)15(23)24-7-12(21)19-10-4-2-3-9(17)14(10)18/h2-4,11H,5-8H2,1H3,(H,19,21)/t11-,16-/m1/s1. The Morgan fingerprint density at radius 3 is 2.96 bits per heavy atom. The number of amides is 2. The van der Waals surface area contributed by atoms with Crippen LogP contribution in [0.15, 0.2) is 18.2 Å². The zero-order chi connectivity index (χ0) is 18.2. The van der Waals surface area contributed by atoms with Crippen molar-refractivity contribution in [2.45, 2.75) is 30.7 Å². The van der Waals surface area contributed by atoms with Gasteiger partial charge in [0.2, 0.25) is 5.91 Å². The second kappa shape index (κ2) is 7.05. The molecule has 2 fully saturated rings. The zero-order valence-corrected chi connectivity index (χ0v) is 15.7. The Hall–Kier alpha value is -1.44. The number of fused-ring (bicyclic) bond motifs is 1. The highest BCUT2D eigenvalue weighted by Crippen LogP contribution is 2.47. The van der Waals surface area contributed by atoms with E-state index < -0.39 is 24.5 Å². The molecule has 2 aliphatic rings. The number of rotatable bonds is 4. The average molecular weight is 403 g/mol. The van der Waals surface area contributed by atoms with Crippen LogP contribution in [0, 0.1) is 0 Å². The average Bonchev–Trinajstić information content (AvgIpc) is 3.06. The third-order valence-electron chi connectivity index (χ3n) is 4.29. The molecule has 0 aliphatic carbocycles. The Labute approximate surface area is 159 Å². The fourth-order valence-corrected chi connectivity index (χ4v) is 4.78. The van der Waals surface area contributed by atoms with Crippen LogP contribution >= 0.6 is 35.0 Å². The Kier molecular flexibility index (Phi) is 5.18. The molecule has 2 amide bonds. The van der Waals surface area contributed by atoms with Crippen LogP contribution in [0.25, 0.3) is 0 Å². The van der Waals surface area contributed by atoms with Gasteiger partial charge in [-0.15, -0.1) is 11.8 Å². The number of carbonyl (C=O) groups excluding carboxylic acids is 3. The summed E-state index contributed by atoms with van der Waals surface area (Å²) in [6, 6.07) is 4.19. The number of ether oxygens (including phenoxy) is 1. The van der Waals surface area contributed by atoms with Crippen molar-refractivity contribution in [3.63, 3.8) is 0 Å². The van der Waals surface area contributed by atoms with Crippen molar-refractivity contribution < 1.29 is 19.1 Å². The highest BCUT2D eigenvalue weighted by molar-refractivity contribution is 8.01. The smallest absolute Gasteiger partial charge is 0.330 e. The third kappa shape index (κ3) is 3.59. The molecule has 25 heavy (non-hydrogen) atoms. The predicted octanol–water partition coefficient (Wildman–Crippen LogP) is 2.93. The molecular weight excluding hydrogens is 387 g/mol. The molecule has 1 aromatic carbocycles. The number of halogens is 2. The third-order valence-corrected chi connectivity index (χ3v) is 6.61. The van der Waals surface area contributed by atoms with E-state index in [2.05, 4.69) is 5.32 Å². The quantitative estimate of drug-likeness (QED) is 0.783. The van der Waals surface area contributed by atoms with Crippen molar-refractivity contribution in [2.75, 3.05) is 17.7 Å². The van der Waals surface area contributed by atoms with Gasteiger partial charge in [0.25, 0.3) is 5.91 Å². The highest BCUT2D eigenvalue weighted by Gasteiger charge is 2.53. The maximum absolute atomic E-state index is 12.3. The van der Waals surface area contributed by atoms with Crippen molar-refractivity contribution in [1.82, 2.24) is 4.90 Å². The number of anilines is 1. The summed E-state index contributed by atoms with van der Waals surface area (Å²) in [7, 11) is 0. The second-order valence-corrected chi connectivity index (χ2v) is 8.31. The molecule has 0 unspecified atom stereocenters. The lowest BCUT2D eigenvalue weighted by molar-refractivity contribution is -0.155. The van der Waals surface area contributed by atoms with Crippen LogP contribution in [-0.2, 0) is 19.1 Å². The van der Waals surface area contributed by atoms with Gasteiger partial charge in [-0.3, -0.25) is 9.59 Å². The minimum atomic E-state index is -0.646. The molecule has 2 atom stereocenters. The van der Waals surface area contributed by atoms with Gasteiger partial charge in [0.05, 0.1) is 20.6 Å². The van der Waals surface area contributed by atoms with Gasteiger partial charge in [-0.05, 0) is 25.5 Å². The number of hydrogen-bond donors (Lipinski definition) is 1. The maximum Gasteiger partial charge on any atom is 0.330 e. The summed E-state index contributed by atoms with van der Waals surface area (Å²) >= 11 is 13.4. The van der Waals surface area contributed by atoms with Crippen LogP contribution in [0.5, 0.6) is 0 Å². The van der Waals surface area contributed by atoms with Crippen molar-refractivity contribution in [3.8, 4) is 0 Å². The summed E-state index contributed by atoms with van der Waals surface area (Å²) in [6.07, 6.45) is 1.15. The summed E-state index contributed by atoms with van der Waals surface area (Å²) < 4.78 is 5.10. The molecule has 3 rings (SSSR count). The molecule has 2 saturated heterocycles. The van der Waals surface area contributed by atoms with E-state index >= 15 is 0 Å². The van der Waals surface area contributed by atoms with Crippen LogP contribution in [-0.4, -0.2) is 46.0 Å². The molecule has 0 bridgehead atoms. The van der Waals surface area contributed by atoms with Crippen LogP contribution in [0.4, 0.5) is 5.69 Å². The molecule has 2 heterocycles. The Morgan fingerprint density at radius 2 is 2.20 bits per heavy atom. The Bertz CT molecular complexity index is 745. The molecule has 2 aliphatic heterocycles. The van der Waals surface area contributed by atoms with E-state index in [9.17, 15) is 14.4 Å². The van der Waals surface area contributed by atoms with Crippen molar-refractivity contribution in [3.05, 3.63) is 28.2 Å². The number of benzene rings is 1. The molecule has 1 aromatic rings. The van der Waals surface area contributed by atoms with E-state index in [-0.39, 0.29) is 15.8 Å². The van der Waals surface area contributed by atoms with Gasteiger partial charge in [0.15, 0.2) is 6.61 Å². The Balaban J connectivity index is 1.56. The first-order chi connectivity index (χ1) is 11.8. The lowest BCUT2D eigenvalue weighted by Gasteiger charge is -2.29. The van der Waals surface area contributed by atoms with E-state index in [1.807, 2.05) is 6.92 Å². The first-order valence-electron chi connectivity index (χ1n) is 7.68. The van der Waals surface area contributed by atoms with Crippen molar-refractivity contribution in [1.29, 1.82) is 0 Å². The second-order valence-electron chi connectivity index (χ2n) is 6.02. The summed E-state index contributed by atoms with van der Waals surface area (Å²) in [4.78, 5) is 37.5. The SMILES string of the molecule is C[C@@]12CCC(=O)N1[C@@H](C(=O)OCC(=O)Nc1cccc(Cl)c1Cl)CS2. The first kappa shape index (κ1) is 18.4. The number of nitrogens with one attached hydrogen (secondary N) is 1. The Morgan fingerprint density at radius 1 is 1.44 bits per heavy atom. The van der Waals surface area contributed by atoms with E-state index in [0.717, 1.165) is 0 Å². The molecule has 6 nitrogen and oxygen atoms in total. The lowest BCUT2D eigenvalue weighted by Crippen LogP contribution is -2.47. The number of thioether (sulfide) groups is 1. The molecular formula is C16H16Cl2N2O4S. The van der Waals surface area contributed by atoms with Crippen LogP contribution in [0.1, 0.15) is 19.8 Å². The lowest BCUT2D eigenvalue weighted by atomic mass is 10.2. The van der Waals surface area contributed by atoms with E-state index in [1.54, 1.807) is 34.9 Å². The van der Waals surface area contributed by atoms with Crippen molar-refractivity contribution in [2.24, 2.45) is 0 Å². The first-order valence-corrected chi connectivity index (χ1v) is 9.42. The minimum Gasteiger partial charge on any atom is -0.454 e. The van der Waals surface area contributed by atoms with Gasteiger partial charge in [-0.1, -0.05) is 29.3 Å². The van der Waals surface area contributed by atoms with Crippen LogP contribution in [0.2, 0.25) is 10.0 Å². The zero-order valence-electron chi connectivity index (χ0n) is 13.4. The summed E-state index contributed by atoms with van der Waals surface area (Å²) in [5, 5.41) is 3.07. The van der Waals surface area contributed by atoms with Crippen LogP contribution in [0.3, 0.4) is 0 Å². The molecule has 0 spiro atoms. The van der Waals surface area contributed by atoms with Gasteiger partial charge in [0.1, 0.15) is 6.04 Å². The molecule has 1 N–H and O–H groups in total. The summed E-state index contributed by atoms with van der Waals surface area (Å²) in [6.45, 7) is 1.49. The predicted molar refractivity (Wildman–Crippen MR) is 96.8 cm³/mol. The number of nitrogens with zero attached hydrogens (tertiary/aromatic N) is 1. The molecule has 0 saturated carbocycles. The minimum absolute atomic E-state index is 0.0513. The molecule has 9 heteroatoms. The largest absolute Gasteiger partial charge is 0.454 e. The monoisotopic (exact) mass is 402 g/mol. The fourth-order valence-electron chi connectivity index (χ4n) is 3.01. The number of hydrogen-bond acceptors (Lipinski definition) is 5. The van der Waals surface area contributed by atoms with Gasteiger partial charge < -0.3 is 15.0 Å². The van der Waals surface area contributed by atoms with Gasteiger partial charge in [-0.25, -0.2) is 4.79 Å². The van der Waals surface area contributed by atoms with Gasteiger partial charge in [0, 0.05) is 12.2 Å². The summed E-state index contributed by atoms with van der Waals surface area (Å²) in [5.41, 5.74) is 0.342. The molecule has 0 radical (unpaired) electrons. The molecule has 134 valence electrons. The molecule has 0 aromatic heterocycles. The van der Waals surface area contributed by atoms with E-state index in [4.69, 9.17) is 27.9 Å². The normalized spacial score (nSPS) is 25.0. The van der Waals surface area contributed by atoms with Crippen LogP contribution < -0.4 is 5.32 Å². The van der Waals surface area contributed by atoms with E-state index in [0.29, 0.717) is 29.3 Å². The van der Waals surface area contributed by atoms with Crippen molar-refractivity contribution >= 4 is 58.4 Å². The topological polar surface area (TPSA) is 75.7 Å².